The van der Waals surface area contributed by atoms with E-state index in [9.17, 15) is 9.18 Å². The zero-order valence-electron chi connectivity index (χ0n) is 10.1. The molecule has 1 aromatic carbocycles. The number of ether oxygens (including phenoxy) is 1. The van der Waals surface area contributed by atoms with E-state index in [4.69, 9.17) is 9.84 Å². The number of carboxylic acids is 1. The Bertz CT molecular complexity index is 464. The standard InChI is InChI=1S/C13H15FO3/c1-4-10-9(7-8(2)13(15)16)5-6-11(17-3)12(10)14/h5-7H,4H2,1-3H3,(H,15,16). The Labute approximate surface area is 99.5 Å². The second kappa shape index (κ2) is 5.48. The molecular formula is C13H15FO3. The Morgan fingerprint density at radius 3 is 2.65 bits per heavy atom. The first-order valence-corrected chi connectivity index (χ1v) is 5.28. The van der Waals surface area contributed by atoms with Crippen molar-refractivity contribution in [3.63, 3.8) is 0 Å². The fourth-order valence-electron chi connectivity index (χ4n) is 1.56. The lowest BCUT2D eigenvalue weighted by atomic mass is 10.0. The normalized spacial score (nSPS) is 11.4. The highest BCUT2D eigenvalue weighted by molar-refractivity contribution is 5.91. The van der Waals surface area contributed by atoms with Crippen LogP contribution in [0.1, 0.15) is 25.0 Å². The molecule has 3 nitrogen and oxygen atoms in total. The SMILES string of the molecule is CCc1c(C=C(C)C(=O)O)ccc(OC)c1F. The Morgan fingerprint density at radius 1 is 1.53 bits per heavy atom. The Morgan fingerprint density at radius 2 is 2.18 bits per heavy atom. The summed E-state index contributed by atoms with van der Waals surface area (Å²) in [5.74, 6) is -1.27. The zero-order chi connectivity index (χ0) is 13.0. The van der Waals surface area contributed by atoms with E-state index in [1.165, 1.54) is 26.2 Å². The van der Waals surface area contributed by atoms with Gasteiger partial charge in [-0.3, -0.25) is 0 Å². The van der Waals surface area contributed by atoms with Gasteiger partial charge in [0.1, 0.15) is 0 Å². The molecule has 0 spiro atoms. The summed E-state index contributed by atoms with van der Waals surface area (Å²) >= 11 is 0. The Kier molecular flexibility index (Phi) is 4.26. The quantitative estimate of drug-likeness (QED) is 0.820. The van der Waals surface area contributed by atoms with Gasteiger partial charge in [-0.25, -0.2) is 9.18 Å². The van der Waals surface area contributed by atoms with Crippen molar-refractivity contribution < 1.29 is 19.0 Å². The van der Waals surface area contributed by atoms with Gasteiger partial charge in [-0.05, 0) is 36.6 Å². The molecule has 0 radical (unpaired) electrons. The predicted octanol–water partition coefficient (Wildman–Crippen LogP) is 2.88. The van der Waals surface area contributed by atoms with E-state index < -0.39 is 11.8 Å². The van der Waals surface area contributed by atoms with Crippen LogP contribution >= 0.6 is 0 Å². The van der Waals surface area contributed by atoms with Gasteiger partial charge in [0, 0.05) is 5.57 Å². The predicted molar refractivity (Wildman–Crippen MR) is 63.6 cm³/mol. The highest BCUT2D eigenvalue weighted by atomic mass is 19.1. The molecule has 17 heavy (non-hydrogen) atoms. The number of halogens is 1. The van der Waals surface area contributed by atoms with E-state index in [-0.39, 0.29) is 11.3 Å². The van der Waals surface area contributed by atoms with Gasteiger partial charge in [0.05, 0.1) is 7.11 Å². The van der Waals surface area contributed by atoms with Crippen molar-refractivity contribution in [1.29, 1.82) is 0 Å². The van der Waals surface area contributed by atoms with Crippen molar-refractivity contribution in [1.82, 2.24) is 0 Å². The molecule has 0 aromatic heterocycles. The number of aliphatic carboxylic acids is 1. The highest BCUT2D eigenvalue weighted by Gasteiger charge is 2.12. The molecule has 0 fully saturated rings. The summed E-state index contributed by atoms with van der Waals surface area (Å²) < 4.78 is 18.8. The Hall–Kier alpha value is -1.84. The summed E-state index contributed by atoms with van der Waals surface area (Å²) in [5, 5.41) is 8.79. The molecule has 0 bridgehead atoms. The number of methoxy groups -OCH3 is 1. The maximum absolute atomic E-state index is 13.9. The van der Waals surface area contributed by atoms with Crippen LogP contribution in [0.25, 0.3) is 6.08 Å². The molecule has 1 rings (SSSR count). The van der Waals surface area contributed by atoms with Crippen LogP contribution in [0, 0.1) is 5.82 Å². The number of hydrogen-bond acceptors (Lipinski definition) is 2. The van der Waals surface area contributed by atoms with Crippen LogP contribution < -0.4 is 4.74 Å². The molecule has 0 aliphatic rings. The smallest absolute Gasteiger partial charge is 0.331 e. The molecule has 0 unspecified atom stereocenters. The fraction of sp³-hybridized carbons (Fsp3) is 0.308. The number of carbonyl (C=O) groups is 1. The van der Waals surface area contributed by atoms with E-state index in [0.29, 0.717) is 17.5 Å². The lowest BCUT2D eigenvalue weighted by Gasteiger charge is -2.09. The van der Waals surface area contributed by atoms with Crippen molar-refractivity contribution in [3.8, 4) is 5.75 Å². The van der Waals surface area contributed by atoms with Crippen molar-refractivity contribution in [2.45, 2.75) is 20.3 Å². The van der Waals surface area contributed by atoms with Gasteiger partial charge in [-0.2, -0.15) is 0 Å². The molecule has 0 aliphatic carbocycles. The minimum atomic E-state index is -1.01. The van der Waals surface area contributed by atoms with Crippen LogP contribution in [0.5, 0.6) is 5.75 Å². The monoisotopic (exact) mass is 238 g/mol. The summed E-state index contributed by atoms with van der Waals surface area (Å²) in [4.78, 5) is 10.7. The average Bonchev–Trinajstić information content (AvgIpc) is 2.29. The van der Waals surface area contributed by atoms with Crippen LogP contribution in [0.4, 0.5) is 4.39 Å². The molecule has 0 saturated heterocycles. The second-order valence-electron chi connectivity index (χ2n) is 3.64. The minimum absolute atomic E-state index is 0.171. The van der Waals surface area contributed by atoms with Crippen LogP contribution in [0.2, 0.25) is 0 Å². The highest BCUT2D eigenvalue weighted by Crippen LogP contribution is 2.25. The third kappa shape index (κ3) is 2.84. The van der Waals surface area contributed by atoms with E-state index in [1.807, 2.05) is 6.92 Å². The zero-order valence-corrected chi connectivity index (χ0v) is 10.1. The minimum Gasteiger partial charge on any atom is -0.494 e. The van der Waals surface area contributed by atoms with E-state index in [1.54, 1.807) is 6.07 Å². The molecular weight excluding hydrogens is 223 g/mol. The lowest BCUT2D eigenvalue weighted by molar-refractivity contribution is -0.132. The maximum atomic E-state index is 13.9. The van der Waals surface area contributed by atoms with Crippen LogP contribution in [0.3, 0.4) is 0 Å². The third-order valence-corrected chi connectivity index (χ3v) is 2.53. The third-order valence-electron chi connectivity index (χ3n) is 2.53. The molecule has 0 amide bonds. The summed E-state index contributed by atoms with van der Waals surface area (Å²) in [5.41, 5.74) is 1.21. The van der Waals surface area contributed by atoms with Gasteiger partial charge in [0.15, 0.2) is 11.6 Å². The van der Waals surface area contributed by atoms with Crippen LogP contribution in [-0.2, 0) is 11.2 Å². The average molecular weight is 238 g/mol. The summed E-state index contributed by atoms with van der Waals surface area (Å²) in [6.45, 7) is 3.29. The topological polar surface area (TPSA) is 46.5 Å². The van der Waals surface area contributed by atoms with Gasteiger partial charge < -0.3 is 9.84 Å². The molecule has 4 heteroatoms. The van der Waals surface area contributed by atoms with Crippen molar-refractivity contribution >= 4 is 12.0 Å². The van der Waals surface area contributed by atoms with Gasteiger partial charge >= 0.3 is 5.97 Å². The van der Waals surface area contributed by atoms with Gasteiger partial charge in [-0.15, -0.1) is 0 Å². The van der Waals surface area contributed by atoms with Crippen LogP contribution in [0.15, 0.2) is 17.7 Å². The summed E-state index contributed by atoms with van der Waals surface area (Å²) in [7, 11) is 1.40. The van der Waals surface area contributed by atoms with Gasteiger partial charge in [-0.1, -0.05) is 13.0 Å². The molecule has 0 saturated carbocycles. The van der Waals surface area contributed by atoms with Crippen molar-refractivity contribution in [2.24, 2.45) is 0 Å². The maximum Gasteiger partial charge on any atom is 0.331 e. The molecule has 0 heterocycles. The first-order chi connectivity index (χ1) is 8.01. The first-order valence-electron chi connectivity index (χ1n) is 5.28. The second-order valence-corrected chi connectivity index (χ2v) is 3.64. The van der Waals surface area contributed by atoms with Crippen LogP contribution in [-0.4, -0.2) is 18.2 Å². The molecule has 0 atom stereocenters. The van der Waals surface area contributed by atoms with Gasteiger partial charge in [0.2, 0.25) is 0 Å². The molecule has 1 aromatic rings. The first kappa shape index (κ1) is 13.2. The number of rotatable bonds is 4. The van der Waals surface area contributed by atoms with Crippen molar-refractivity contribution in [3.05, 3.63) is 34.6 Å². The largest absolute Gasteiger partial charge is 0.494 e. The molecule has 1 N–H and O–H groups in total. The van der Waals surface area contributed by atoms with E-state index in [2.05, 4.69) is 0 Å². The fourth-order valence-corrected chi connectivity index (χ4v) is 1.56. The molecule has 92 valence electrons. The number of benzene rings is 1. The number of carboxylic acid groups (broad SMARTS) is 1. The Balaban J connectivity index is 3.31. The summed E-state index contributed by atoms with van der Waals surface area (Å²) in [6, 6.07) is 3.16. The lowest BCUT2D eigenvalue weighted by Crippen LogP contribution is -2.00. The number of hydrogen-bond donors (Lipinski definition) is 1. The summed E-state index contributed by atoms with van der Waals surface area (Å²) in [6.07, 6.45) is 1.94. The van der Waals surface area contributed by atoms with E-state index in [0.717, 1.165) is 0 Å². The molecule has 0 aliphatic heterocycles. The van der Waals surface area contributed by atoms with Crippen molar-refractivity contribution in [2.75, 3.05) is 7.11 Å². The van der Waals surface area contributed by atoms with Gasteiger partial charge in [0.25, 0.3) is 0 Å². The van der Waals surface area contributed by atoms with E-state index >= 15 is 0 Å².